The molecule has 0 aliphatic carbocycles. The number of hydrogen-bond donors (Lipinski definition) is 1. The van der Waals surface area contributed by atoms with Crippen molar-refractivity contribution in [3.05, 3.63) is 0 Å². The number of ether oxygens (including phenoxy) is 1. The van der Waals surface area contributed by atoms with Gasteiger partial charge in [-0.05, 0) is 20.8 Å². The number of hydrogen-bond acceptors (Lipinski definition) is 5. The zero-order valence-electron chi connectivity index (χ0n) is 9.13. The van der Waals surface area contributed by atoms with Gasteiger partial charge in [0.2, 0.25) is 0 Å². The second-order valence-corrected chi connectivity index (χ2v) is 5.23. The summed E-state index contributed by atoms with van der Waals surface area (Å²) < 4.78 is 21.4. The van der Waals surface area contributed by atoms with Gasteiger partial charge in [-0.25, -0.2) is 13.8 Å². The predicted octanol–water partition coefficient (Wildman–Crippen LogP) is 0.286. The monoisotopic (exact) mass is 251 g/mol. The smallest absolute Gasteiger partial charge is 0.424 e. The molecule has 1 heterocycles. The minimum atomic E-state index is -2.10. The van der Waals surface area contributed by atoms with Crippen molar-refractivity contribution in [2.75, 3.05) is 6.61 Å². The molecule has 1 saturated heterocycles. The van der Waals surface area contributed by atoms with E-state index in [-0.39, 0.29) is 6.61 Å². The van der Waals surface area contributed by atoms with Crippen LogP contribution in [0.1, 0.15) is 20.8 Å². The molecule has 1 amide bonds. The number of carboxylic acids is 1. The second kappa shape index (κ2) is 4.38. The highest BCUT2D eigenvalue weighted by atomic mass is 32.2. The highest BCUT2D eigenvalue weighted by Crippen LogP contribution is 2.19. The van der Waals surface area contributed by atoms with Crippen LogP contribution in [0.25, 0.3) is 0 Å². The molecule has 1 aliphatic heterocycles. The van der Waals surface area contributed by atoms with Crippen LogP contribution in [0.3, 0.4) is 0 Å². The van der Waals surface area contributed by atoms with Gasteiger partial charge < -0.3 is 9.84 Å². The van der Waals surface area contributed by atoms with E-state index in [0.717, 1.165) is 0 Å². The summed E-state index contributed by atoms with van der Waals surface area (Å²) in [5.74, 6) is -1.28. The summed E-state index contributed by atoms with van der Waals surface area (Å²) in [6.07, 6.45) is -0.962. The van der Waals surface area contributed by atoms with Crippen LogP contribution in [0.2, 0.25) is 0 Å². The summed E-state index contributed by atoms with van der Waals surface area (Å²) in [6, 6.07) is -1.27. The van der Waals surface area contributed by atoms with Gasteiger partial charge in [-0.15, -0.1) is 0 Å². The maximum atomic E-state index is 11.6. The zero-order valence-corrected chi connectivity index (χ0v) is 9.94. The van der Waals surface area contributed by atoms with Crippen molar-refractivity contribution in [3.8, 4) is 0 Å². The summed E-state index contributed by atoms with van der Waals surface area (Å²) in [5.41, 5.74) is -0.785. The van der Waals surface area contributed by atoms with Gasteiger partial charge in [0.05, 0.1) is 6.61 Å². The first kappa shape index (κ1) is 12.9. The molecule has 0 aromatic rings. The molecular formula is C8H13NO6S. The highest BCUT2D eigenvalue weighted by Gasteiger charge is 2.43. The van der Waals surface area contributed by atoms with Crippen molar-refractivity contribution in [2.45, 2.75) is 32.4 Å². The van der Waals surface area contributed by atoms with E-state index in [2.05, 4.69) is 4.18 Å². The minimum absolute atomic E-state index is 0.304. The molecule has 1 N–H and O–H groups in total. The minimum Gasteiger partial charge on any atom is -0.480 e. The van der Waals surface area contributed by atoms with E-state index in [1.54, 1.807) is 20.8 Å². The van der Waals surface area contributed by atoms with Gasteiger partial charge in [0.25, 0.3) is 11.3 Å². The topological polar surface area (TPSA) is 93.1 Å². The molecule has 1 rings (SSSR count). The molecule has 0 aromatic heterocycles. The van der Waals surface area contributed by atoms with Crippen molar-refractivity contribution >= 4 is 23.3 Å². The van der Waals surface area contributed by atoms with Crippen molar-refractivity contribution in [2.24, 2.45) is 0 Å². The van der Waals surface area contributed by atoms with Crippen molar-refractivity contribution in [3.63, 3.8) is 0 Å². The lowest BCUT2D eigenvalue weighted by molar-refractivity contribution is -0.141. The number of carbonyl (C=O) groups is 2. The maximum Gasteiger partial charge on any atom is 0.424 e. The van der Waals surface area contributed by atoms with E-state index in [1.165, 1.54) is 0 Å². The SMILES string of the molecule is CC(C)(C)OC(=O)N1C(C(=O)O)COS1=O. The summed E-state index contributed by atoms with van der Waals surface area (Å²) in [7, 11) is 0. The van der Waals surface area contributed by atoms with E-state index in [1.807, 2.05) is 0 Å². The third kappa shape index (κ3) is 2.92. The molecule has 7 nitrogen and oxygen atoms in total. The lowest BCUT2D eigenvalue weighted by atomic mass is 10.2. The third-order valence-corrected chi connectivity index (χ3v) is 2.69. The lowest BCUT2D eigenvalue weighted by Crippen LogP contribution is -2.44. The molecule has 2 atom stereocenters. The van der Waals surface area contributed by atoms with Crippen LogP contribution in [0.5, 0.6) is 0 Å². The molecule has 0 aromatic carbocycles. The molecule has 0 spiro atoms. The van der Waals surface area contributed by atoms with Gasteiger partial charge in [0, 0.05) is 0 Å². The number of rotatable bonds is 1. The Kier molecular flexibility index (Phi) is 3.54. The molecule has 1 aliphatic rings. The Morgan fingerprint density at radius 1 is 1.50 bits per heavy atom. The number of carbonyl (C=O) groups excluding carboxylic acids is 1. The second-order valence-electron chi connectivity index (χ2n) is 4.16. The Morgan fingerprint density at radius 3 is 2.50 bits per heavy atom. The average Bonchev–Trinajstić information content (AvgIpc) is 2.43. The normalized spacial score (nSPS) is 25.6. The maximum absolute atomic E-state index is 11.6. The van der Waals surface area contributed by atoms with Gasteiger partial charge in [-0.3, -0.25) is 4.18 Å². The van der Waals surface area contributed by atoms with Crippen LogP contribution in [0.15, 0.2) is 0 Å². The number of aliphatic carboxylic acids is 1. The zero-order chi connectivity index (χ0) is 12.5. The summed E-state index contributed by atoms with van der Waals surface area (Å²) in [5, 5.41) is 8.78. The molecule has 0 radical (unpaired) electrons. The summed E-state index contributed by atoms with van der Waals surface area (Å²) in [6.45, 7) is 4.57. The first-order valence-corrected chi connectivity index (χ1v) is 5.56. The van der Waals surface area contributed by atoms with Crippen LogP contribution >= 0.6 is 0 Å². The molecule has 1 fully saturated rings. The van der Waals surface area contributed by atoms with Gasteiger partial charge in [-0.2, -0.15) is 4.31 Å². The van der Waals surface area contributed by atoms with E-state index in [0.29, 0.717) is 4.31 Å². The fraction of sp³-hybridized carbons (Fsp3) is 0.750. The van der Waals surface area contributed by atoms with Crippen LogP contribution in [-0.2, 0) is 25.0 Å². The molecule has 92 valence electrons. The quantitative estimate of drug-likeness (QED) is 0.719. The molecule has 16 heavy (non-hydrogen) atoms. The van der Waals surface area contributed by atoms with Gasteiger partial charge in [0.15, 0.2) is 6.04 Å². The van der Waals surface area contributed by atoms with Crippen molar-refractivity contribution < 1.29 is 27.8 Å². The summed E-state index contributed by atoms with van der Waals surface area (Å²) >= 11 is -2.10. The van der Waals surface area contributed by atoms with Crippen molar-refractivity contribution in [1.82, 2.24) is 4.31 Å². The fourth-order valence-electron chi connectivity index (χ4n) is 1.02. The summed E-state index contributed by atoms with van der Waals surface area (Å²) in [4.78, 5) is 22.3. The lowest BCUT2D eigenvalue weighted by Gasteiger charge is -2.24. The van der Waals surface area contributed by atoms with Crippen molar-refractivity contribution in [1.29, 1.82) is 0 Å². The van der Waals surface area contributed by atoms with E-state index >= 15 is 0 Å². The third-order valence-electron chi connectivity index (χ3n) is 1.63. The van der Waals surface area contributed by atoms with E-state index in [4.69, 9.17) is 9.84 Å². The van der Waals surface area contributed by atoms with Crippen LogP contribution in [-0.4, -0.2) is 43.9 Å². The first-order chi connectivity index (χ1) is 7.22. The van der Waals surface area contributed by atoms with Crippen LogP contribution in [0.4, 0.5) is 4.79 Å². The van der Waals surface area contributed by atoms with Gasteiger partial charge >= 0.3 is 12.1 Å². The Morgan fingerprint density at radius 2 is 2.06 bits per heavy atom. The Bertz CT molecular complexity index is 336. The standard InChI is InChI=1S/C8H13NO6S/c1-8(2,3)15-7(12)9-5(6(10)11)4-14-16(9)13/h5H,4H2,1-3H3,(H,10,11). The van der Waals surface area contributed by atoms with Crippen LogP contribution in [0, 0.1) is 0 Å². The Hall–Kier alpha value is -1.15. The Labute approximate surface area is 95.1 Å². The van der Waals surface area contributed by atoms with E-state index < -0.39 is 35.0 Å². The molecule has 2 unspecified atom stereocenters. The first-order valence-electron chi connectivity index (χ1n) is 4.52. The molecule has 8 heteroatoms. The fourth-order valence-corrected chi connectivity index (χ4v) is 1.89. The predicted molar refractivity (Wildman–Crippen MR) is 53.6 cm³/mol. The van der Waals surface area contributed by atoms with Gasteiger partial charge in [0.1, 0.15) is 5.60 Å². The molecule has 0 saturated carbocycles. The van der Waals surface area contributed by atoms with Gasteiger partial charge in [-0.1, -0.05) is 0 Å². The highest BCUT2D eigenvalue weighted by molar-refractivity contribution is 7.78. The number of carboxylic acid groups (broad SMARTS) is 1. The largest absolute Gasteiger partial charge is 0.480 e. The number of nitrogens with zero attached hydrogens (tertiary/aromatic N) is 1. The number of amides is 1. The van der Waals surface area contributed by atoms with E-state index in [9.17, 15) is 13.8 Å². The molecular weight excluding hydrogens is 238 g/mol. The van der Waals surface area contributed by atoms with Crippen LogP contribution < -0.4 is 0 Å². The average molecular weight is 251 g/mol. The molecule has 0 bridgehead atoms. The Balaban J connectivity index is 2.80.